The van der Waals surface area contributed by atoms with Crippen LogP contribution in [0.15, 0.2) is 24.3 Å². The van der Waals surface area contributed by atoms with Crippen LogP contribution in [-0.4, -0.2) is 43.6 Å². The van der Waals surface area contributed by atoms with Crippen LogP contribution in [0.25, 0.3) is 0 Å². The molecule has 4 heteroatoms. The summed E-state index contributed by atoms with van der Waals surface area (Å²) in [6.45, 7) is 6.34. The molecule has 1 fully saturated rings. The molecule has 98 valence electrons. The summed E-state index contributed by atoms with van der Waals surface area (Å²) in [5.74, 6) is 0.892. The number of piperazine rings is 1. The quantitative estimate of drug-likeness (QED) is 0.817. The molecular weight excluding hydrogens is 228 g/mol. The fourth-order valence-corrected chi connectivity index (χ4v) is 2.24. The summed E-state index contributed by atoms with van der Waals surface area (Å²) in [4.78, 5) is 16.2. The number of rotatable bonds is 3. The van der Waals surface area contributed by atoms with E-state index >= 15 is 0 Å². The van der Waals surface area contributed by atoms with Crippen molar-refractivity contribution >= 4 is 11.6 Å². The molecule has 1 amide bonds. The smallest absolute Gasteiger partial charge is 0.241 e. The first-order valence-corrected chi connectivity index (χ1v) is 6.31. The molecule has 1 aliphatic rings. The average Bonchev–Trinajstić information content (AvgIpc) is 2.38. The number of carbonyl (C=O) groups is 1. The monoisotopic (exact) mass is 248 g/mol. The minimum absolute atomic E-state index is 0.138. The molecule has 1 aromatic carbocycles. The second-order valence-corrected chi connectivity index (χ2v) is 4.78. The number of amides is 1. The summed E-state index contributed by atoms with van der Waals surface area (Å²) in [5, 5.41) is 0. The van der Waals surface area contributed by atoms with Gasteiger partial charge in [0.1, 0.15) is 5.75 Å². The lowest BCUT2D eigenvalue weighted by Gasteiger charge is -2.36. The molecule has 1 aliphatic heterocycles. The van der Waals surface area contributed by atoms with E-state index in [0.717, 1.165) is 24.5 Å². The minimum Gasteiger partial charge on any atom is -0.495 e. The number of benzene rings is 1. The van der Waals surface area contributed by atoms with E-state index in [1.807, 2.05) is 29.2 Å². The van der Waals surface area contributed by atoms with E-state index < -0.39 is 0 Å². The molecule has 0 radical (unpaired) electrons. The summed E-state index contributed by atoms with van der Waals surface area (Å²) < 4.78 is 5.31. The Morgan fingerprint density at radius 2 is 1.94 bits per heavy atom. The number of para-hydroxylation sites is 2. The van der Waals surface area contributed by atoms with Gasteiger partial charge < -0.3 is 9.64 Å². The van der Waals surface area contributed by atoms with E-state index in [2.05, 4.69) is 18.7 Å². The van der Waals surface area contributed by atoms with Crippen LogP contribution in [0.3, 0.4) is 0 Å². The Labute approximate surface area is 108 Å². The van der Waals surface area contributed by atoms with E-state index in [1.165, 1.54) is 0 Å². The molecule has 0 unspecified atom stereocenters. The van der Waals surface area contributed by atoms with Gasteiger partial charge in [0.25, 0.3) is 0 Å². The molecule has 0 N–H and O–H groups in total. The third-order valence-electron chi connectivity index (χ3n) is 3.36. The molecular formula is C14H20N2O2. The maximum Gasteiger partial charge on any atom is 0.241 e. The highest BCUT2D eigenvalue weighted by Gasteiger charge is 2.27. The van der Waals surface area contributed by atoms with Crippen LogP contribution in [0.4, 0.5) is 5.69 Å². The molecule has 0 atom stereocenters. The Hall–Kier alpha value is -1.55. The first-order valence-electron chi connectivity index (χ1n) is 6.31. The number of nitrogens with zero attached hydrogens (tertiary/aromatic N) is 2. The van der Waals surface area contributed by atoms with E-state index in [9.17, 15) is 4.79 Å². The highest BCUT2D eigenvalue weighted by atomic mass is 16.5. The number of hydrogen-bond donors (Lipinski definition) is 0. The van der Waals surface area contributed by atoms with Crippen molar-refractivity contribution in [2.75, 3.05) is 31.6 Å². The maximum absolute atomic E-state index is 12.2. The normalized spacial score (nSPS) is 17.3. The lowest BCUT2D eigenvalue weighted by Crippen LogP contribution is -2.52. The molecule has 0 aromatic heterocycles. The van der Waals surface area contributed by atoms with Crippen molar-refractivity contribution in [2.45, 2.75) is 19.9 Å². The van der Waals surface area contributed by atoms with Gasteiger partial charge in [-0.25, -0.2) is 0 Å². The fourth-order valence-electron chi connectivity index (χ4n) is 2.24. The van der Waals surface area contributed by atoms with Crippen LogP contribution in [-0.2, 0) is 4.79 Å². The Bertz CT molecular complexity index is 432. The molecule has 18 heavy (non-hydrogen) atoms. The van der Waals surface area contributed by atoms with E-state index in [0.29, 0.717) is 12.6 Å². The minimum atomic E-state index is 0.138. The van der Waals surface area contributed by atoms with E-state index in [4.69, 9.17) is 4.74 Å². The summed E-state index contributed by atoms with van der Waals surface area (Å²) in [7, 11) is 1.63. The SMILES string of the molecule is COc1ccccc1N1CCN(C(C)C)CC1=O. The van der Waals surface area contributed by atoms with Crippen LogP contribution in [0.5, 0.6) is 5.75 Å². The number of hydrogen-bond acceptors (Lipinski definition) is 3. The van der Waals surface area contributed by atoms with Crippen molar-refractivity contribution in [3.05, 3.63) is 24.3 Å². The predicted molar refractivity (Wildman–Crippen MR) is 72.1 cm³/mol. The number of anilines is 1. The van der Waals surface area contributed by atoms with Gasteiger partial charge in [0.2, 0.25) is 5.91 Å². The average molecular weight is 248 g/mol. The Balaban J connectivity index is 2.18. The zero-order chi connectivity index (χ0) is 13.1. The van der Waals surface area contributed by atoms with Crippen molar-refractivity contribution in [3.63, 3.8) is 0 Å². The van der Waals surface area contributed by atoms with Gasteiger partial charge in [0.15, 0.2) is 0 Å². The number of carbonyl (C=O) groups excluding carboxylic acids is 1. The Morgan fingerprint density at radius 3 is 2.56 bits per heavy atom. The molecule has 0 aliphatic carbocycles. The largest absolute Gasteiger partial charge is 0.495 e. The van der Waals surface area contributed by atoms with Gasteiger partial charge in [-0.05, 0) is 26.0 Å². The standard InChI is InChI=1S/C14H20N2O2/c1-11(2)15-8-9-16(14(17)10-15)12-6-4-5-7-13(12)18-3/h4-7,11H,8-10H2,1-3H3. The van der Waals surface area contributed by atoms with Crippen LogP contribution in [0.1, 0.15) is 13.8 Å². The van der Waals surface area contributed by atoms with Crippen molar-refractivity contribution in [2.24, 2.45) is 0 Å². The van der Waals surface area contributed by atoms with Crippen molar-refractivity contribution in [1.29, 1.82) is 0 Å². The fraction of sp³-hybridized carbons (Fsp3) is 0.500. The van der Waals surface area contributed by atoms with Crippen LogP contribution >= 0.6 is 0 Å². The first-order chi connectivity index (χ1) is 8.63. The van der Waals surface area contributed by atoms with Gasteiger partial charge in [0, 0.05) is 19.1 Å². The van der Waals surface area contributed by atoms with Crippen molar-refractivity contribution in [1.82, 2.24) is 4.90 Å². The Kier molecular flexibility index (Phi) is 3.87. The molecule has 4 nitrogen and oxygen atoms in total. The van der Waals surface area contributed by atoms with Crippen molar-refractivity contribution < 1.29 is 9.53 Å². The Morgan fingerprint density at radius 1 is 1.22 bits per heavy atom. The zero-order valence-corrected chi connectivity index (χ0v) is 11.2. The van der Waals surface area contributed by atoms with E-state index in [1.54, 1.807) is 7.11 Å². The summed E-state index contributed by atoms with van der Waals surface area (Å²) in [6, 6.07) is 8.07. The second kappa shape index (κ2) is 5.40. The number of methoxy groups -OCH3 is 1. The van der Waals surface area contributed by atoms with Crippen molar-refractivity contribution in [3.8, 4) is 5.75 Å². The van der Waals surface area contributed by atoms with E-state index in [-0.39, 0.29) is 5.91 Å². The third-order valence-corrected chi connectivity index (χ3v) is 3.36. The highest BCUT2D eigenvalue weighted by Crippen LogP contribution is 2.28. The predicted octanol–water partition coefficient (Wildman–Crippen LogP) is 1.75. The van der Waals surface area contributed by atoms with Crippen LogP contribution < -0.4 is 9.64 Å². The summed E-state index contributed by atoms with van der Waals surface area (Å²) >= 11 is 0. The van der Waals surface area contributed by atoms with Gasteiger partial charge in [-0.2, -0.15) is 0 Å². The molecule has 0 bridgehead atoms. The molecule has 0 spiro atoms. The zero-order valence-electron chi connectivity index (χ0n) is 11.2. The van der Waals surface area contributed by atoms with Gasteiger partial charge in [0.05, 0.1) is 19.3 Å². The summed E-state index contributed by atoms with van der Waals surface area (Å²) in [6.07, 6.45) is 0. The molecule has 2 rings (SSSR count). The van der Waals surface area contributed by atoms with Crippen LogP contribution in [0.2, 0.25) is 0 Å². The van der Waals surface area contributed by atoms with Gasteiger partial charge in [-0.15, -0.1) is 0 Å². The molecule has 1 heterocycles. The second-order valence-electron chi connectivity index (χ2n) is 4.78. The maximum atomic E-state index is 12.2. The topological polar surface area (TPSA) is 32.8 Å². The first kappa shape index (κ1) is 12.9. The number of ether oxygens (including phenoxy) is 1. The highest BCUT2D eigenvalue weighted by molar-refractivity contribution is 5.96. The van der Waals surface area contributed by atoms with Crippen LogP contribution in [0, 0.1) is 0 Å². The lowest BCUT2D eigenvalue weighted by atomic mass is 10.2. The molecule has 1 saturated heterocycles. The summed E-state index contributed by atoms with van der Waals surface area (Å²) in [5.41, 5.74) is 0.869. The third kappa shape index (κ3) is 2.48. The molecule has 0 saturated carbocycles. The van der Waals surface area contributed by atoms with Gasteiger partial charge in [-0.3, -0.25) is 9.69 Å². The lowest BCUT2D eigenvalue weighted by molar-refractivity contribution is -0.121. The molecule has 1 aromatic rings. The van der Waals surface area contributed by atoms with Gasteiger partial charge >= 0.3 is 0 Å². The van der Waals surface area contributed by atoms with Gasteiger partial charge in [-0.1, -0.05) is 12.1 Å².